The number of carbonyl (C=O) groups excluding carboxylic acids is 2. The number of benzene rings is 1. The third-order valence-corrected chi connectivity index (χ3v) is 7.88. The van der Waals surface area contributed by atoms with E-state index in [1.165, 1.54) is 18.3 Å². The van der Waals surface area contributed by atoms with Gasteiger partial charge in [0.1, 0.15) is 23.6 Å². The number of aromatic nitrogens is 7. The summed E-state index contributed by atoms with van der Waals surface area (Å²) in [5.74, 6) is 0.583. The van der Waals surface area contributed by atoms with Crippen LogP contribution in [-0.2, 0) is 19.8 Å². The molecule has 0 saturated heterocycles. The van der Waals surface area contributed by atoms with Crippen LogP contribution >= 0.6 is 0 Å². The standard InChI is InChI=1S/C31H32F3N9O3/c1-39-25(20-26(38-39)31(32,33)34)30(45)41-11-2-3-12-42(29(44)24-9-5-13-43-21-36-37-28(24)43)17-16-40-15-10-35-27(40)22-7-4-8-23(19-22)46-18-6-14-41/h4-5,7-10,13,15,19-21H,2-3,6,11-12,14,16-18H2,1H3. The van der Waals surface area contributed by atoms with Gasteiger partial charge in [-0.05, 0) is 43.5 Å². The molecule has 5 heterocycles. The van der Waals surface area contributed by atoms with E-state index in [1.54, 1.807) is 33.8 Å². The Balaban J connectivity index is 1.27. The Hall–Kier alpha value is -5.21. The molecule has 0 radical (unpaired) electrons. The van der Waals surface area contributed by atoms with E-state index >= 15 is 0 Å². The Morgan fingerprint density at radius 3 is 2.46 bits per heavy atom. The zero-order valence-corrected chi connectivity index (χ0v) is 25.1. The van der Waals surface area contributed by atoms with Crippen molar-refractivity contribution in [2.24, 2.45) is 7.05 Å². The number of nitrogens with zero attached hydrogens (tertiary/aromatic N) is 9. The lowest BCUT2D eigenvalue weighted by Gasteiger charge is -2.25. The number of ether oxygens (including phenoxy) is 1. The first-order valence-electron chi connectivity index (χ1n) is 14.9. The lowest BCUT2D eigenvalue weighted by molar-refractivity contribution is -0.141. The van der Waals surface area contributed by atoms with E-state index in [9.17, 15) is 22.8 Å². The molecule has 5 aromatic rings. The van der Waals surface area contributed by atoms with Crippen molar-refractivity contribution >= 4 is 17.5 Å². The van der Waals surface area contributed by atoms with Crippen LogP contribution in [0, 0.1) is 0 Å². The molecule has 2 bridgehead atoms. The summed E-state index contributed by atoms with van der Waals surface area (Å²) in [6.07, 6.45) is 3.71. The molecule has 0 N–H and O–H groups in total. The molecule has 12 nitrogen and oxygen atoms in total. The van der Waals surface area contributed by atoms with Crippen LogP contribution in [0.25, 0.3) is 17.0 Å². The average Bonchev–Trinajstić information content (AvgIpc) is 3.80. The number of rotatable bonds is 2. The number of halogens is 3. The molecular formula is C31H32F3N9O3. The molecule has 240 valence electrons. The number of aryl methyl sites for hydroxylation is 1. The van der Waals surface area contributed by atoms with Gasteiger partial charge in [-0.15, -0.1) is 10.2 Å². The molecule has 0 spiro atoms. The number of alkyl halides is 3. The van der Waals surface area contributed by atoms with Crippen LogP contribution in [0.5, 0.6) is 5.75 Å². The SMILES string of the molecule is Cn1nc(C(F)(F)F)cc1C(=O)N1CCCCN(C(=O)c2cccn3cnnc23)CCn2ccnc2-c2cccc(c2)OCCC1. The highest BCUT2D eigenvalue weighted by atomic mass is 19.4. The second kappa shape index (κ2) is 13.0. The first-order valence-corrected chi connectivity index (χ1v) is 14.9. The number of carbonyl (C=O) groups is 2. The van der Waals surface area contributed by atoms with Gasteiger partial charge in [0, 0.05) is 70.0 Å². The number of hydrogen-bond acceptors (Lipinski definition) is 7. The van der Waals surface area contributed by atoms with E-state index in [1.807, 2.05) is 35.0 Å². The molecule has 15 heteroatoms. The molecule has 6 rings (SSSR count). The molecule has 2 amide bonds. The van der Waals surface area contributed by atoms with Crippen LogP contribution in [0.1, 0.15) is 45.8 Å². The van der Waals surface area contributed by atoms with Crippen molar-refractivity contribution in [3.8, 4) is 17.1 Å². The van der Waals surface area contributed by atoms with E-state index in [4.69, 9.17) is 4.74 Å². The van der Waals surface area contributed by atoms with Gasteiger partial charge >= 0.3 is 6.18 Å². The molecule has 1 aliphatic rings. The molecule has 0 aliphatic carbocycles. The molecular weight excluding hydrogens is 603 g/mol. The lowest BCUT2D eigenvalue weighted by Crippen LogP contribution is -2.37. The Bertz CT molecular complexity index is 1850. The summed E-state index contributed by atoms with van der Waals surface area (Å²) >= 11 is 0. The van der Waals surface area contributed by atoms with Crippen molar-refractivity contribution in [3.63, 3.8) is 0 Å². The summed E-state index contributed by atoms with van der Waals surface area (Å²) in [7, 11) is 1.32. The van der Waals surface area contributed by atoms with Gasteiger partial charge in [0.2, 0.25) is 0 Å². The summed E-state index contributed by atoms with van der Waals surface area (Å²) in [5.41, 5.74) is 0.423. The van der Waals surface area contributed by atoms with Crippen molar-refractivity contribution in [1.29, 1.82) is 0 Å². The summed E-state index contributed by atoms with van der Waals surface area (Å²) in [6, 6.07) is 11.8. The van der Waals surface area contributed by atoms with Crippen LogP contribution in [-0.4, -0.2) is 88.3 Å². The number of pyridine rings is 1. The zero-order chi connectivity index (χ0) is 32.3. The quantitative estimate of drug-likeness (QED) is 0.286. The van der Waals surface area contributed by atoms with Crippen LogP contribution in [0.4, 0.5) is 13.2 Å². The highest BCUT2D eigenvalue weighted by molar-refractivity contribution is 5.99. The van der Waals surface area contributed by atoms with Gasteiger partial charge in [0.05, 0.1) is 12.2 Å². The third-order valence-electron chi connectivity index (χ3n) is 7.88. The van der Waals surface area contributed by atoms with Gasteiger partial charge < -0.3 is 19.1 Å². The maximum absolute atomic E-state index is 13.9. The minimum absolute atomic E-state index is 0.153. The van der Waals surface area contributed by atoms with Gasteiger partial charge in [0.25, 0.3) is 11.8 Å². The number of fused-ring (bicyclic) bond motifs is 5. The van der Waals surface area contributed by atoms with Gasteiger partial charge in [0.15, 0.2) is 11.3 Å². The van der Waals surface area contributed by atoms with Crippen LogP contribution < -0.4 is 4.74 Å². The number of hydrogen-bond donors (Lipinski definition) is 0. The van der Waals surface area contributed by atoms with Crippen LogP contribution in [0.2, 0.25) is 0 Å². The Labute approximate surface area is 262 Å². The fraction of sp³-hybridized carbons (Fsp3) is 0.355. The van der Waals surface area contributed by atoms with E-state index < -0.39 is 17.8 Å². The number of amides is 2. The third kappa shape index (κ3) is 6.57. The lowest BCUT2D eigenvalue weighted by atomic mass is 10.2. The summed E-state index contributed by atoms with van der Waals surface area (Å²) in [5, 5.41) is 11.6. The molecule has 0 saturated carbocycles. The van der Waals surface area contributed by atoms with E-state index in [0.29, 0.717) is 55.9 Å². The van der Waals surface area contributed by atoms with Gasteiger partial charge in [-0.2, -0.15) is 18.3 Å². The fourth-order valence-electron chi connectivity index (χ4n) is 5.54. The second-order valence-corrected chi connectivity index (χ2v) is 11.0. The predicted molar refractivity (Wildman–Crippen MR) is 160 cm³/mol. The Morgan fingerprint density at radius 2 is 1.67 bits per heavy atom. The minimum atomic E-state index is -4.67. The molecule has 0 unspecified atom stereocenters. The normalized spacial score (nSPS) is 15.3. The molecule has 4 aromatic heterocycles. The number of imidazole rings is 1. The maximum atomic E-state index is 13.9. The molecule has 0 fully saturated rings. The van der Waals surface area contributed by atoms with E-state index in [2.05, 4.69) is 20.3 Å². The van der Waals surface area contributed by atoms with E-state index in [0.717, 1.165) is 22.1 Å². The second-order valence-electron chi connectivity index (χ2n) is 11.0. The zero-order valence-electron chi connectivity index (χ0n) is 25.1. The van der Waals surface area contributed by atoms with Crippen molar-refractivity contribution in [2.45, 2.75) is 32.0 Å². The fourth-order valence-corrected chi connectivity index (χ4v) is 5.54. The smallest absolute Gasteiger partial charge is 0.435 e. The van der Waals surface area contributed by atoms with Crippen molar-refractivity contribution < 1.29 is 27.5 Å². The summed E-state index contributed by atoms with van der Waals surface area (Å²) < 4.78 is 50.6. The Morgan fingerprint density at radius 1 is 0.891 bits per heavy atom. The van der Waals surface area contributed by atoms with Gasteiger partial charge in [-0.25, -0.2) is 4.98 Å². The van der Waals surface area contributed by atoms with Crippen LogP contribution in [0.3, 0.4) is 0 Å². The first-order chi connectivity index (χ1) is 22.2. The van der Waals surface area contributed by atoms with Crippen LogP contribution in [0.15, 0.2) is 67.4 Å². The molecule has 0 atom stereocenters. The van der Waals surface area contributed by atoms with Gasteiger partial charge in [-0.3, -0.25) is 18.7 Å². The Kier molecular flexibility index (Phi) is 8.72. The molecule has 46 heavy (non-hydrogen) atoms. The largest absolute Gasteiger partial charge is 0.494 e. The van der Waals surface area contributed by atoms with Crippen molar-refractivity contribution in [2.75, 3.05) is 32.8 Å². The summed E-state index contributed by atoms with van der Waals surface area (Å²) in [4.78, 5) is 35.2. The highest BCUT2D eigenvalue weighted by Gasteiger charge is 2.36. The molecule has 1 aromatic carbocycles. The van der Waals surface area contributed by atoms with Gasteiger partial charge in [-0.1, -0.05) is 12.1 Å². The average molecular weight is 636 g/mol. The predicted octanol–water partition coefficient (Wildman–Crippen LogP) is 4.19. The molecule has 1 aliphatic heterocycles. The van der Waals surface area contributed by atoms with Crippen molar-refractivity contribution in [1.82, 2.24) is 43.7 Å². The van der Waals surface area contributed by atoms with E-state index in [-0.39, 0.29) is 31.3 Å². The maximum Gasteiger partial charge on any atom is 0.435 e. The first kappa shape index (κ1) is 30.8. The topological polar surface area (TPSA) is 116 Å². The minimum Gasteiger partial charge on any atom is -0.494 e. The van der Waals surface area contributed by atoms with Crippen molar-refractivity contribution in [3.05, 3.63) is 84.3 Å². The monoisotopic (exact) mass is 635 g/mol. The highest BCUT2D eigenvalue weighted by Crippen LogP contribution is 2.29. The summed E-state index contributed by atoms with van der Waals surface area (Å²) in [6.45, 7) is 2.03.